The van der Waals surface area contributed by atoms with E-state index in [2.05, 4.69) is 35.6 Å². The highest BCUT2D eigenvalue weighted by Crippen LogP contribution is 2.31. The molecule has 0 fully saturated rings. The van der Waals surface area contributed by atoms with Gasteiger partial charge >= 0.3 is 0 Å². The van der Waals surface area contributed by atoms with Crippen molar-refractivity contribution in [2.75, 3.05) is 5.75 Å². The van der Waals surface area contributed by atoms with Gasteiger partial charge in [-0.05, 0) is 19.4 Å². The van der Waals surface area contributed by atoms with Crippen LogP contribution in [0.5, 0.6) is 0 Å². The van der Waals surface area contributed by atoms with E-state index in [4.69, 9.17) is 0 Å². The van der Waals surface area contributed by atoms with E-state index < -0.39 is 0 Å². The Balaban J connectivity index is 2.28. The quantitative estimate of drug-likeness (QED) is 0.544. The fourth-order valence-electron chi connectivity index (χ4n) is 1.86. The highest BCUT2D eigenvalue weighted by molar-refractivity contribution is 7.99. The van der Waals surface area contributed by atoms with Crippen molar-refractivity contribution in [3.8, 4) is 0 Å². The normalized spacial score (nSPS) is 11.4. The number of hydrogen-bond donors (Lipinski definition) is 0. The van der Waals surface area contributed by atoms with Crippen molar-refractivity contribution in [1.29, 1.82) is 0 Å². The van der Waals surface area contributed by atoms with E-state index >= 15 is 0 Å². The fraction of sp³-hybridized carbons (Fsp3) is 0.250. The summed E-state index contributed by atoms with van der Waals surface area (Å²) < 4.78 is 1.95. The molecule has 3 rings (SSSR count). The highest BCUT2D eigenvalue weighted by atomic mass is 32.2. The maximum absolute atomic E-state index is 4.49. The van der Waals surface area contributed by atoms with Gasteiger partial charge in [-0.2, -0.15) is 0 Å². The lowest BCUT2D eigenvalue weighted by Crippen LogP contribution is -1.90. The first-order chi connectivity index (χ1) is 8.72. The number of thioether (sulfide) groups is 1. The van der Waals surface area contributed by atoms with Crippen molar-refractivity contribution < 1.29 is 0 Å². The predicted molar refractivity (Wildman–Crippen MR) is 76.6 cm³/mol. The van der Waals surface area contributed by atoms with Crippen LogP contribution >= 0.6 is 23.1 Å². The second-order valence-electron chi connectivity index (χ2n) is 3.98. The van der Waals surface area contributed by atoms with Crippen molar-refractivity contribution in [3.05, 3.63) is 29.4 Å². The molecule has 92 valence electrons. The number of fused-ring (bicyclic) bond motifs is 3. The third-order valence-electron chi connectivity index (χ3n) is 2.88. The first-order valence-electron chi connectivity index (χ1n) is 5.55. The van der Waals surface area contributed by atoms with Crippen molar-refractivity contribution in [2.45, 2.75) is 19.0 Å². The molecule has 0 bridgehead atoms. The van der Waals surface area contributed by atoms with Crippen molar-refractivity contribution in [2.24, 2.45) is 0 Å². The Morgan fingerprint density at radius 3 is 3.06 bits per heavy atom. The Hall–Kier alpha value is -1.40. The van der Waals surface area contributed by atoms with Crippen LogP contribution in [0, 0.1) is 13.8 Å². The fourth-order valence-corrected chi connectivity index (χ4v) is 3.49. The van der Waals surface area contributed by atoms with Crippen LogP contribution in [0.3, 0.4) is 0 Å². The lowest BCUT2D eigenvalue weighted by Gasteiger charge is -1.98. The van der Waals surface area contributed by atoms with Crippen molar-refractivity contribution in [3.63, 3.8) is 0 Å². The SMILES string of the molecule is C=CCSc1nnc2c3c(C)c(C)sc3ncn12. The average Bonchev–Trinajstić information content (AvgIpc) is 2.89. The summed E-state index contributed by atoms with van der Waals surface area (Å²) in [6.07, 6.45) is 3.66. The molecule has 3 aromatic rings. The Morgan fingerprint density at radius 2 is 2.28 bits per heavy atom. The molecule has 0 aromatic carbocycles. The zero-order valence-electron chi connectivity index (χ0n) is 10.2. The van der Waals surface area contributed by atoms with Gasteiger partial charge in [0.15, 0.2) is 10.8 Å². The van der Waals surface area contributed by atoms with E-state index in [1.807, 2.05) is 10.5 Å². The molecule has 0 radical (unpaired) electrons. The summed E-state index contributed by atoms with van der Waals surface area (Å²) in [5.74, 6) is 0.820. The van der Waals surface area contributed by atoms with Crippen LogP contribution in [-0.4, -0.2) is 25.3 Å². The number of nitrogens with zero attached hydrogens (tertiary/aromatic N) is 4. The number of thiophene rings is 1. The molecule has 0 saturated carbocycles. The first-order valence-corrected chi connectivity index (χ1v) is 7.35. The van der Waals surface area contributed by atoms with Gasteiger partial charge in [0.2, 0.25) is 0 Å². The number of aryl methyl sites for hydroxylation is 2. The van der Waals surface area contributed by atoms with Gasteiger partial charge in [-0.1, -0.05) is 17.8 Å². The summed E-state index contributed by atoms with van der Waals surface area (Å²) in [5, 5.41) is 10.5. The molecule has 3 heterocycles. The van der Waals surface area contributed by atoms with E-state index in [-0.39, 0.29) is 0 Å². The summed E-state index contributed by atoms with van der Waals surface area (Å²) in [6.45, 7) is 7.94. The third kappa shape index (κ3) is 1.64. The van der Waals surface area contributed by atoms with E-state index in [0.29, 0.717) is 0 Å². The smallest absolute Gasteiger partial charge is 0.197 e. The van der Waals surface area contributed by atoms with Crippen LogP contribution in [0.4, 0.5) is 0 Å². The molecular weight excluding hydrogens is 264 g/mol. The molecule has 0 aliphatic heterocycles. The third-order valence-corrected chi connectivity index (χ3v) is 4.93. The molecule has 6 heteroatoms. The zero-order chi connectivity index (χ0) is 12.7. The van der Waals surface area contributed by atoms with Crippen LogP contribution < -0.4 is 0 Å². The molecule has 0 spiro atoms. The number of aromatic nitrogens is 4. The number of rotatable bonds is 3. The lowest BCUT2D eigenvalue weighted by molar-refractivity contribution is 0.909. The minimum Gasteiger partial charge on any atom is -0.260 e. The van der Waals surface area contributed by atoms with Crippen LogP contribution in [0.2, 0.25) is 0 Å². The summed E-state index contributed by atoms with van der Waals surface area (Å²) in [7, 11) is 0. The van der Waals surface area contributed by atoms with Gasteiger partial charge in [-0.15, -0.1) is 28.1 Å². The molecule has 3 aromatic heterocycles. The molecule has 0 atom stereocenters. The largest absolute Gasteiger partial charge is 0.260 e. The minimum absolute atomic E-state index is 0.820. The second kappa shape index (κ2) is 4.37. The maximum Gasteiger partial charge on any atom is 0.197 e. The van der Waals surface area contributed by atoms with Crippen LogP contribution in [-0.2, 0) is 0 Å². The van der Waals surface area contributed by atoms with Crippen molar-refractivity contribution in [1.82, 2.24) is 19.6 Å². The Kier molecular flexibility index (Phi) is 2.83. The second-order valence-corrected chi connectivity index (χ2v) is 6.17. The highest BCUT2D eigenvalue weighted by Gasteiger charge is 2.14. The van der Waals surface area contributed by atoms with Crippen LogP contribution in [0.25, 0.3) is 15.9 Å². The lowest BCUT2D eigenvalue weighted by atomic mass is 10.2. The topological polar surface area (TPSA) is 43.1 Å². The van der Waals surface area contributed by atoms with Gasteiger partial charge in [-0.25, -0.2) is 4.98 Å². The molecule has 0 aliphatic carbocycles. The molecule has 18 heavy (non-hydrogen) atoms. The monoisotopic (exact) mass is 276 g/mol. The first kappa shape index (κ1) is 11.7. The average molecular weight is 276 g/mol. The van der Waals surface area contributed by atoms with E-state index in [0.717, 1.165) is 26.8 Å². The maximum atomic E-state index is 4.49. The summed E-state index contributed by atoms with van der Waals surface area (Å²) in [4.78, 5) is 6.81. The van der Waals surface area contributed by atoms with Gasteiger partial charge in [-0.3, -0.25) is 4.40 Å². The van der Waals surface area contributed by atoms with E-state index in [1.165, 1.54) is 10.4 Å². The number of hydrogen-bond acceptors (Lipinski definition) is 5. The Morgan fingerprint density at radius 1 is 1.44 bits per heavy atom. The predicted octanol–water partition coefficient (Wildman–Crippen LogP) is 3.23. The van der Waals surface area contributed by atoms with Gasteiger partial charge < -0.3 is 0 Å². The molecule has 0 aliphatic rings. The van der Waals surface area contributed by atoms with Crippen LogP contribution in [0.1, 0.15) is 10.4 Å². The summed E-state index contributed by atoms with van der Waals surface area (Å²) in [6, 6.07) is 0. The van der Waals surface area contributed by atoms with Gasteiger partial charge in [0.1, 0.15) is 11.2 Å². The van der Waals surface area contributed by atoms with Crippen LogP contribution in [0.15, 0.2) is 24.1 Å². The molecule has 0 N–H and O–H groups in total. The minimum atomic E-state index is 0.820. The van der Waals surface area contributed by atoms with Gasteiger partial charge in [0.05, 0.1) is 5.39 Å². The zero-order valence-corrected chi connectivity index (χ0v) is 11.8. The molecule has 0 amide bonds. The molecule has 0 unspecified atom stereocenters. The van der Waals surface area contributed by atoms with Gasteiger partial charge in [0.25, 0.3) is 0 Å². The Bertz CT molecular complexity index is 741. The summed E-state index contributed by atoms with van der Waals surface area (Å²) >= 11 is 3.32. The standard InChI is InChI=1S/C12H12N4S2/c1-4-5-17-12-15-14-10-9-7(2)8(3)18-11(9)13-6-16(10)12/h4,6H,1,5H2,2-3H3. The summed E-state index contributed by atoms with van der Waals surface area (Å²) in [5.41, 5.74) is 2.15. The van der Waals surface area contributed by atoms with Gasteiger partial charge in [0, 0.05) is 10.6 Å². The molecular formula is C12H12N4S2. The molecule has 4 nitrogen and oxygen atoms in total. The van der Waals surface area contributed by atoms with E-state index in [1.54, 1.807) is 29.4 Å². The van der Waals surface area contributed by atoms with Crippen molar-refractivity contribution >= 4 is 39.0 Å². The molecule has 0 saturated heterocycles. The van der Waals surface area contributed by atoms with E-state index in [9.17, 15) is 0 Å². The Labute approximate surface area is 113 Å².